The van der Waals surface area contributed by atoms with Gasteiger partial charge < -0.3 is 43.5 Å². The Balaban J connectivity index is 0.000000194. The molecule has 0 radical (unpaired) electrons. The third kappa shape index (κ3) is 8.68. The van der Waals surface area contributed by atoms with E-state index in [0.29, 0.717) is 37.5 Å². The predicted octanol–water partition coefficient (Wildman–Crippen LogP) is 6.10. The van der Waals surface area contributed by atoms with Crippen molar-refractivity contribution in [3.63, 3.8) is 0 Å². The fourth-order valence-electron chi connectivity index (χ4n) is 8.72. The summed E-state index contributed by atoms with van der Waals surface area (Å²) in [7, 11) is 8.77. The number of nitrogens with one attached hydrogen (secondary N) is 1. The third-order valence-electron chi connectivity index (χ3n) is 12.0. The molecule has 4 aliphatic heterocycles. The molecule has 12 nitrogen and oxygen atoms in total. The van der Waals surface area contributed by atoms with E-state index >= 15 is 0 Å². The summed E-state index contributed by atoms with van der Waals surface area (Å²) >= 11 is 0. The van der Waals surface area contributed by atoms with Crippen molar-refractivity contribution in [2.45, 2.75) is 83.1 Å². The van der Waals surface area contributed by atoms with Crippen molar-refractivity contribution in [1.82, 2.24) is 14.8 Å². The number of likely N-dealkylation sites (tertiary alicyclic amines) is 1. The SMILES string of the molecule is CNC(=O)c1ccc2ccn(C3CCN(CCc4cc5c(cc4OC)CCC(=O)N5C)CC3)c2c1.COc1cc2c(cc1CC1COC(C)(C)O1)N(C)C(=O)CC2. The van der Waals surface area contributed by atoms with E-state index in [9.17, 15) is 14.4 Å². The van der Waals surface area contributed by atoms with E-state index in [4.69, 9.17) is 18.9 Å². The summed E-state index contributed by atoms with van der Waals surface area (Å²) in [6.07, 6.45) is 8.59. The van der Waals surface area contributed by atoms with Crippen LogP contribution in [0.25, 0.3) is 10.9 Å². The average Bonchev–Trinajstić information content (AvgIpc) is 3.81. The highest BCUT2D eigenvalue weighted by molar-refractivity contribution is 5.98. The molecule has 0 bridgehead atoms. The van der Waals surface area contributed by atoms with E-state index in [-0.39, 0.29) is 23.8 Å². The summed E-state index contributed by atoms with van der Waals surface area (Å²) in [5.41, 5.74) is 8.38. The van der Waals surface area contributed by atoms with Gasteiger partial charge in [-0.15, -0.1) is 0 Å². The second-order valence-electron chi connectivity index (χ2n) is 16.0. The van der Waals surface area contributed by atoms with Crippen molar-refractivity contribution in [2.24, 2.45) is 0 Å². The van der Waals surface area contributed by atoms with Gasteiger partial charge in [0.05, 0.1) is 26.9 Å². The Bertz CT molecular complexity index is 2140. The number of benzene rings is 3. The van der Waals surface area contributed by atoms with Crippen LogP contribution in [0.4, 0.5) is 11.4 Å². The molecule has 0 aliphatic carbocycles. The molecule has 12 heteroatoms. The molecule has 8 rings (SSSR count). The largest absolute Gasteiger partial charge is 0.496 e. The van der Waals surface area contributed by atoms with E-state index in [0.717, 1.165) is 96.8 Å². The molecule has 3 aromatic carbocycles. The highest BCUT2D eigenvalue weighted by Gasteiger charge is 2.34. The Morgan fingerprint density at radius 2 is 1.46 bits per heavy atom. The molecule has 4 aliphatic rings. The van der Waals surface area contributed by atoms with Crippen LogP contribution < -0.4 is 24.6 Å². The zero-order valence-electron chi connectivity index (χ0n) is 34.5. The topological polar surface area (TPSA) is 115 Å². The van der Waals surface area contributed by atoms with Gasteiger partial charge in [0.25, 0.3) is 5.91 Å². The maximum Gasteiger partial charge on any atom is 0.251 e. The Morgan fingerprint density at radius 1 is 0.842 bits per heavy atom. The molecule has 0 spiro atoms. The van der Waals surface area contributed by atoms with Crippen LogP contribution in [-0.2, 0) is 44.7 Å². The highest BCUT2D eigenvalue weighted by atomic mass is 16.7. The van der Waals surface area contributed by atoms with Crippen molar-refractivity contribution in [3.8, 4) is 11.5 Å². The van der Waals surface area contributed by atoms with Crippen LogP contribution >= 0.6 is 0 Å². The van der Waals surface area contributed by atoms with Gasteiger partial charge in [0.2, 0.25) is 11.8 Å². The minimum atomic E-state index is -0.529. The molecule has 304 valence electrons. The lowest BCUT2D eigenvalue weighted by Gasteiger charge is -2.33. The van der Waals surface area contributed by atoms with Crippen LogP contribution in [0.5, 0.6) is 11.5 Å². The van der Waals surface area contributed by atoms with E-state index in [1.807, 2.05) is 46.1 Å². The zero-order chi connectivity index (χ0) is 40.4. The van der Waals surface area contributed by atoms with Gasteiger partial charge in [-0.1, -0.05) is 6.07 Å². The lowest BCUT2D eigenvalue weighted by molar-refractivity contribution is -0.138. The van der Waals surface area contributed by atoms with E-state index in [1.165, 1.54) is 10.9 Å². The molecule has 1 N–H and O–H groups in total. The molecular formula is C45H57N5O7. The first-order valence-electron chi connectivity index (χ1n) is 20.2. The quantitative estimate of drug-likeness (QED) is 0.217. The van der Waals surface area contributed by atoms with Crippen LogP contribution in [0.15, 0.2) is 54.7 Å². The van der Waals surface area contributed by atoms with Gasteiger partial charge in [-0.25, -0.2) is 0 Å². The van der Waals surface area contributed by atoms with Gasteiger partial charge in [-0.3, -0.25) is 14.4 Å². The smallest absolute Gasteiger partial charge is 0.251 e. The summed E-state index contributed by atoms with van der Waals surface area (Å²) in [6.45, 7) is 7.44. The first kappa shape index (κ1) is 40.3. The second-order valence-corrected chi connectivity index (χ2v) is 16.0. The van der Waals surface area contributed by atoms with E-state index in [1.54, 1.807) is 31.1 Å². The molecule has 1 unspecified atom stereocenters. The number of fused-ring (bicyclic) bond motifs is 3. The number of anilines is 2. The van der Waals surface area contributed by atoms with Crippen molar-refractivity contribution in [2.75, 3.05) is 71.4 Å². The van der Waals surface area contributed by atoms with Crippen molar-refractivity contribution >= 4 is 40.0 Å². The Hall–Kier alpha value is -4.91. The number of ether oxygens (including phenoxy) is 4. The molecule has 2 saturated heterocycles. The number of piperidine rings is 1. The summed E-state index contributed by atoms with van der Waals surface area (Å²) in [6, 6.07) is 16.9. The molecule has 3 amide bonds. The number of hydrogen-bond acceptors (Lipinski definition) is 8. The molecule has 1 aromatic heterocycles. The van der Waals surface area contributed by atoms with Crippen LogP contribution in [0.1, 0.15) is 78.2 Å². The maximum absolute atomic E-state index is 12.2. The minimum absolute atomic E-state index is 0.00606. The van der Waals surface area contributed by atoms with E-state index < -0.39 is 5.79 Å². The van der Waals surface area contributed by atoms with Crippen LogP contribution in [0, 0.1) is 0 Å². The number of rotatable bonds is 9. The molecule has 57 heavy (non-hydrogen) atoms. The standard InChI is InChI=1S/C28H34N4O3.C17H23NO4/c1-29-28(34)22-5-4-19-9-15-32(25(19)17-22)23-10-13-31(14-11-23)12-8-21-16-24-20(18-26(21)35-3)6-7-27(33)30(24)2;1-17(2)21-10-13(22-17)7-12-8-14-11(9-15(12)20-4)5-6-16(19)18(14)3/h4-5,9,15-18,23H,6-8,10-14H2,1-3H3,(H,29,34);8-9,13H,5-7,10H2,1-4H3. The summed E-state index contributed by atoms with van der Waals surface area (Å²) in [4.78, 5) is 42.2. The Labute approximate surface area is 336 Å². The number of amides is 3. The van der Waals surface area contributed by atoms with E-state index in [2.05, 4.69) is 51.3 Å². The number of methoxy groups -OCH3 is 2. The third-order valence-corrected chi connectivity index (χ3v) is 12.0. The fourth-order valence-corrected chi connectivity index (χ4v) is 8.72. The lowest BCUT2D eigenvalue weighted by atomic mass is 9.96. The van der Waals surface area contributed by atoms with Crippen LogP contribution in [-0.4, -0.2) is 101 Å². The average molecular weight is 780 g/mol. The Morgan fingerprint density at radius 3 is 2.04 bits per heavy atom. The van der Waals surface area contributed by atoms with Crippen LogP contribution in [0.2, 0.25) is 0 Å². The number of aromatic nitrogens is 1. The number of carbonyl (C=O) groups is 3. The van der Waals surface area contributed by atoms with Gasteiger partial charge in [0, 0.05) is 94.7 Å². The van der Waals surface area contributed by atoms with Gasteiger partial charge in [0.15, 0.2) is 5.79 Å². The number of aryl methyl sites for hydroxylation is 2. The highest BCUT2D eigenvalue weighted by Crippen LogP contribution is 2.37. The first-order valence-corrected chi connectivity index (χ1v) is 20.2. The summed E-state index contributed by atoms with van der Waals surface area (Å²) < 4.78 is 25.1. The van der Waals surface area contributed by atoms with Gasteiger partial charge in [-0.05, 0) is 116 Å². The van der Waals surface area contributed by atoms with Gasteiger partial charge in [0.1, 0.15) is 11.5 Å². The fraction of sp³-hybridized carbons (Fsp3) is 0.489. The normalized spacial score (nSPS) is 19.5. The number of carbonyl (C=O) groups excluding carboxylic acids is 3. The lowest BCUT2D eigenvalue weighted by Crippen LogP contribution is -2.36. The molecule has 4 aromatic rings. The molecule has 2 fully saturated rings. The first-order chi connectivity index (χ1) is 27.4. The van der Waals surface area contributed by atoms with Gasteiger partial charge in [-0.2, -0.15) is 0 Å². The molecule has 5 heterocycles. The predicted molar refractivity (Wildman–Crippen MR) is 222 cm³/mol. The van der Waals surface area contributed by atoms with Crippen molar-refractivity contribution < 1.29 is 33.3 Å². The Kier molecular flexibility index (Phi) is 11.9. The monoisotopic (exact) mass is 779 g/mol. The zero-order valence-corrected chi connectivity index (χ0v) is 34.5. The maximum atomic E-state index is 12.2. The number of nitrogens with zero attached hydrogens (tertiary/aromatic N) is 4. The minimum Gasteiger partial charge on any atom is -0.496 e. The second kappa shape index (κ2) is 16.9. The summed E-state index contributed by atoms with van der Waals surface area (Å²) in [5, 5.41) is 3.89. The van der Waals surface area contributed by atoms with Crippen molar-refractivity contribution in [3.05, 3.63) is 82.5 Å². The number of hydrogen-bond donors (Lipinski definition) is 1. The molecule has 0 saturated carbocycles. The van der Waals surface area contributed by atoms with Crippen LogP contribution in [0.3, 0.4) is 0 Å². The van der Waals surface area contributed by atoms with Crippen molar-refractivity contribution in [1.29, 1.82) is 0 Å². The van der Waals surface area contributed by atoms with Gasteiger partial charge >= 0.3 is 0 Å². The molecule has 1 atom stereocenters. The molecular weight excluding hydrogens is 723 g/mol. The summed E-state index contributed by atoms with van der Waals surface area (Å²) in [5.74, 6) is 1.53.